The van der Waals surface area contributed by atoms with Crippen LogP contribution in [0.25, 0.3) is 11.1 Å². The molecule has 1 unspecified atom stereocenters. The SMILES string of the molecule is CCNc1ccc(-c2cccc3c2CN(CC(C)C#N)C3=O)cn1. The van der Waals surface area contributed by atoms with Crippen molar-refractivity contribution in [2.24, 2.45) is 5.92 Å². The Morgan fingerprint density at radius 3 is 2.79 bits per heavy atom. The van der Waals surface area contributed by atoms with Crippen LogP contribution >= 0.6 is 0 Å². The highest BCUT2D eigenvalue weighted by Crippen LogP contribution is 2.33. The molecule has 122 valence electrons. The van der Waals surface area contributed by atoms with Gasteiger partial charge in [0.25, 0.3) is 5.91 Å². The van der Waals surface area contributed by atoms with Crippen LogP contribution in [0.3, 0.4) is 0 Å². The topological polar surface area (TPSA) is 69.0 Å². The Bertz CT molecular complexity index is 792. The molecule has 1 amide bonds. The molecule has 3 rings (SSSR count). The first-order valence-electron chi connectivity index (χ1n) is 8.15. The molecular formula is C19H20N4O. The van der Waals surface area contributed by atoms with Gasteiger partial charge in [0, 0.05) is 37.0 Å². The summed E-state index contributed by atoms with van der Waals surface area (Å²) in [5.41, 5.74) is 3.78. The van der Waals surface area contributed by atoms with Gasteiger partial charge in [-0.2, -0.15) is 5.26 Å². The summed E-state index contributed by atoms with van der Waals surface area (Å²) in [6, 6.07) is 11.9. The van der Waals surface area contributed by atoms with E-state index in [9.17, 15) is 4.79 Å². The molecule has 1 aliphatic rings. The van der Waals surface area contributed by atoms with E-state index in [1.165, 1.54) is 0 Å². The van der Waals surface area contributed by atoms with Crippen molar-refractivity contribution in [3.63, 3.8) is 0 Å². The van der Waals surface area contributed by atoms with Crippen molar-refractivity contribution in [2.75, 3.05) is 18.4 Å². The Kier molecular flexibility index (Phi) is 4.48. The van der Waals surface area contributed by atoms with Crippen molar-refractivity contribution in [3.05, 3.63) is 47.7 Å². The number of carbonyl (C=O) groups excluding carboxylic acids is 1. The quantitative estimate of drug-likeness (QED) is 0.918. The molecule has 0 radical (unpaired) electrons. The van der Waals surface area contributed by atoms with Gasteiger partial charge in [-0.15, -0.1) is 0 Å². The molecule has 1 atom stereocenters. The third-order valence-corrected chi connectivity index (χ3v) is 4.19. The number of nitrogens with one attached hydrogen (secondary N) is 1. The molecule has 5 nitrogen and oxygen atoms in total. The van der Waals surface area contributed by atoms with Crippen LogP contribution in [0.4, 0.5) is 5.82 Å². The number of nitrogens with zero attached hydrogens (tertiary/aromatic N) is 3. The second-order valence-corrected chi connectivity index (χ2v) is 6.01. The molecule has 0 saturated carbocycles. The Labute approximate surface area is 141 Å². The van der Waals surface area contributed by atoms with Crippen molar-refractivity contribution in [3.8, 4) is 17.2 Å². The standard InChI is InChI=1S/C19H20N4O/c1-3-21-18-8-7-14(10-22-18)15-5-4-6-16-17(15)12-23(19(16)24)11-13(2)9-20/h4-8,10,13H,3,11-12H2,1-2H3,(H,21,22). The van der Waals surface area contributed by atoms with Crippen LogP contribution in [-0.2, 0) is 6.54 Å². The number of aromatic nitrogens is 1. The first kappa shape index (κ1) is 16.0. The summed E-state index contributed by atoms with van der Waals surface area (Å²) in [5.74, 6) is 0.674. The van der Waals surface area contributed by atoms with E-state index in [0.29, 0.717) is 13.1 Å². The lowest BCUT2D eigenvalue weighted by Crippen LogP contribution is -2.28. The fraction of sp³-hybridized carbons (Fsp3) is 0.316. The van der Waals surface area contributed by atoms with E-state index in [0.717, 1.165) is 34.6 Å². The number of rotatable bonds is 5. The summed E-state index contributed by atoms with van der Waals surface area (Å²) in [4.78, 5) is 18.7. The van der Waals surface area contributed by atoms with E-state index in [2.05, 4.69) is 16.4 Å². The predicted octanol–water partition coefficient (Wildman–Crippen LogP) is 3.30. The van der Waals surface area contributed by atoms with Gasteiger partial charge in [-0.05, 0) is 43.2 Å². The van der Waals surface area contributed by atoms with Gasteiger partial charge in [0.2, 0.25) is 0 Å². The second kappa shape index (κ2) is 6.71. The molecule has 0 spiro atoms. The number of benzene rings is 1. The van der Waals surface area contributed by atoms with E-state index < -0.39 is 0 Å². The highest BCUT2D eigenvalue weighted by atomic mass is 16.2. The number of fused-ring (bicyclic) bond motifs is 1. The fourth-order valence-corrected chi connectivity index (χ4v) is 3.02. The summed E-state index contributed by atoms with van der Waals surface area (Å²) < 4.78 is 0. The number of pyridine rings is 1. The normalized spacial score (nSPS) is 14.2. The smallest absolute Gasteiger partial charge is 0.254 e. The summed E-state index contributed by atoms with van der Waals surface area (Å²) in [6.07, 6.45) is 1.83. The van der Waals surface area contributed by atoms with E-state index in [4.69, 9.17) is 5.26 Å². The molecule has 1 aromatic heterocycles. The zero-order valence-electron chi connectivity index (χ0n) is 13.9. The minimum Gasteiger partial charge on any atom is -0.370 e. The molecule has 1 aromatic carbocycles. The molecule has 0 aliphatic carbocycles. The number of carbonyl (C=O) groups is 1. The molecule has 2 heterocycles. The van der Waals surface area contributed by atoms with Crippen LogP contribution in [0.5, 0.6) is 0 Å². The van der Waals surface area contributed by atoms with E-state index in [1.54, 1.807) is 4.90 Å². The molecule has 0 bridgehead atoms. The van der Waals surface area contributed by atoms with Gasteiger partial charge in [-0.1, -0.05) is 12.1 Å². The Morgan fingerprint density at radius 2 is 2.12 bits per heavy atom. The van der Waals surface area contributed by atoms with Crippen LogP contribution < -0.4 is 5.32 Å². The number of anilines is 1. The summed E-state index contributed by atoms with van der Waals surface area (Å²) in [5, 5.41) is 12.2. The lowest BCUT2D eigenvalue weighted by atomic mass is 9.98. The maximum atomic E-state index is 12.6. The van der Waals surface area contributed by atoms with Crippen molar-refractivity contribution in [1.82, 2.24) is 9.88 Å². The average molecular weight is 320 g/mol. The van der Waals surface area contributed by atoms with Crippen LogP contribution in [0.1, 0.15) is 29.8 Å². The van der Waals surface area contributed by atoms with Crippen molar-refractivity contribution in [1.29, 1.82) is 5.26 Å². The van der Waals surface area contributed by atoms with Gasteiger partial charge < -0.3 is 10.2 Å². The number of amides is 1. The van der Waals surface area contributed by atoms with Crippen LogP contribution in [0, 0.1) is 17.2 Å². The molecule has 5 heteroatoms. The Balaban J connectivity index is 1.91. The van der Waals surface area contributed by atoms with Gasteiger partial charge in [0.15, 0.2) is 0 Å². The summed E-state index contributed by atoms with van der Waals surface area (Å²) >= 11 is 0. The summed E-state index contributed by atoms with van der Waals surface area (Å²) in [7, 11) is 0. The van der Waals surface area contributed by atoms with Crippen LogP contribution in [0.2, 0.25) is 0 Å². The average Bonchev–Trinajstić information content (AvgIpc) is 2.92. The fourth-order valence-electron chi connectivity index (χ4n) is 3.02. The molecule has 24 heavy (non-hydrogen) atoms. The van der Waals surface area contributed by atoms with Crippen LogP contribution in [-0.4, -0.2) is 28.9 Å². The maximum Gasteiger partial charge on any atom is 0.254 e. The highest BCUT2D eigenvalue weighted by Gasteiger charge is 2.30. The molecule has 1 N–H and O–H groups in total. The first-order chi connectivity index (χ1) is 11.6. The molecular weight excluding hydrogens is 300 g/mol. The lowest BCUT2D eigenvalue weighted by Gasteiger charge is -2.16. The monoisotopic (exact) mass is 320 g/mol. The third kappa shape index (κ3) is 2.95. The van der Waals surface area contributed by atoms with E-state index in [1.807, 2.05) is 50.4 Å². The van der Waals surface area contributed by atoms with Crippen molar-refractivity contribution in [2.45, 2.75) is 20.4 Å². The minimum atomic E-state index is -0.173. The van der Waals surface area contributed by atoms with E-state index >= 15 is 0 Å². The van der Waals surface area contributed by atoms with Gasteiger partial charge in [0.05, 0.1) is 12.0 Å². The summed E-state index contributed by atoms with van der Waals surface area (Å²) in [6.45, 7) is 5.70. The molecule has 0 fully saturated rings. The highest BCUT2D eigenvalue weighted by molar-refractivity contribution is 6.00. The molecule has 1 aliphatic heterocycles. The first-order valence-corrected chi connectivity index (χ1v) is 8.15. The third-order valence-electron chi connectivity index (χ3n) is 4.19. The van der Waals surface area contributed by atoms with Gasteiger partial charge >= 0.3 is 0 Å². The van der Waals surface area contributed by atoms with Gasteiger partial charge in [-0.25, -0.2) is 4.98 Å². The van der Waals surface area contributed by atoms with E-state index in [-0.39, 0.29) is 11.8 Å². The zero-order valence-corrected chi connectivity index (χ0v) is 13.9. The van der Waals surface area contributed by atoms with Crippen molar-refractivity contribution < 1.29 is 4.79 Å². The number of nitriles is 1. The lowest BCUT2D eigenvalue weighted by molar-refractivity contribution is 0.0767. The molecule has 2 aromatic rings. The van der Waals surface area contributed by atoms with Gasteiger partial charge in [-0.3, -0.25) is 4.79 Å². The minimum absolute atomic E-state index is 0.00572. The number of hydrogen-bond donors (Lipinski definition) is 1. The molecule has 0 saturated heterocycles. The zero-order chi connectivity index (χ0) is 17.1. The van der Waals surface area contributed by atoms with Gasteiger partial charge in [0.1, 0.15) is 5.82 Å². The predicted molar refractivity (Wildman–Crippen MR) is 93.4 cm³/mol. The van der Waals surface area contributed by atoms with Crippen molar-refractivity contribution >= 4 is 11.7 Å². The Hall–Kier alpha value is -2.87. The van der Waals surface area contributed by atoms with Crippen LogP contribution in [0.15, 0.2) is 36.5 Å². The number of hydrogen-bond acceptors (Lipinski definition) is 4. The largest absolute Gasteiger partial charge is 0.370 e. The maximum absolute atomic E-state index is 12.6. The Morgan fingerprint density at radius 1 is 1.33 bits per heavy atom. The second-order valence-electron chi connectivity index (χ2n) is 6.01.